The van der Waals surface area contributed by atoms with E-state index in [0.29, 0.717) is 16.7 Å². The molecule has 4 rings (SSSR count). The molecule has 0 saturated heterocycles. The van der Waals surface area contributed by atoms with Gasteiger partial charge in [0.25, 0.3) is 5.89 Å². The predicted molar refractivity (Wildman–Crippen MR) is 99.0 cm³/mol. The standard InChI is InChI=1S/C20H20N2O3S/c1-2-13-8-9-16-15(10-13)11-17(26-16)20(23)24-12-18-21-22-19(25-18)14-6-4-3-5-7-14/h3-7,11,13H,2,8-10,12H2,1H3/t13-/m0/s1. The van der Waals surface area contributed by atoms with Crippen molar-refractivity contribution in [3.05, 3.63) is 57.6 Å². The van der Waals surface area contributed by atoms with E-state index in [-0.39, 0.29) is 12.6 Å². The third-order valence-electron chi connectivity index (χ3n) is 4.78. The number of hydrogen-bond donors (Lipinski definition) is 0. The van der Waals surface area contributed by atoms with Gasteiger partial charge in [-0.25, -0.2) is 4.79 Å². The van der Waals surface area contributed by atoms with Crippen LogP contribution in [-0.4, -0.2) is 16.2 Å². The van der Waals surface area contributed by atoms with Crippen LogP contribution < -0.4 is 0 Å². The average molecular weight is 368 g/mol. The summed E-state index contributed by atoms with van der Waals surface area (Å²) in [7, 11) is 0. The number of nitrogens with zero attached hydrogens (tertiary/aromatic N) is 2. The molecule has 1 aliphatic carbocycles. The fourth-order valence-corrected chi connectivity index (χ4v) is 4.36. The Labute approximate surface area is 156 Å². The van der Waals surface area contributed by atoms with Crippen LogP contribution in [0.1, 0.15) is 45.8 Å². The highest BCUT2D eigenvalue weighted by molar-refractivity contribution is 7.14. The zero-order valence-electron chi connectivity index (χ0n) is 14.6. The lowest BCUT2D eigenvalue weighted by molar-refractivity contribution is 0.0444. The Bertz CT molecular complexity index is 901. The van der Waals surface area contributed by atoms with Crippen molar-refractivity contribution in [1.82, 2.24) is 10.2 Å². The normalized spacial score (nSPS) is 16.3. The molecule has 0 radical (unpaired) electrons. The number of aryl methyl sites for hydroxylation is 1. The summed E-state index contributed by atoms with van der Waals surface area (Å²) in [5.41, 5.74) is 2.15. The Balaban J connectivity index is 1.39. The summed E-state index contributed by atoms with van der Waals surface area (Å²) in [4.78, 5) is 14.3. The lowest BCUT2D eigenvalue weighted by atomic mass is 9.87. The molecular formula is C20H20N2O3S. The number of ether oxygens (including phenoxy) is 1. The summed E-state index contributed by atoms with van der Waals surface area (Å²) >= 11 is 1.55. The van der Waals surface area contributed by atoms with Gasteiger partial charge in [0.1, 0.15) is 4.88 Å². The first-order valence-corrected chi connectivity index (χ1v) is 9.71. The fraction of sp³-hybridized carbons (Fsp3) is 0.350. The molecule has 0 fully saturated rings. The lowest BCUT2D eigenvalue weighted by Crippen LogP contribution is -2.10. The van der Waals surface area contributed by atoms with E-state index in [9.17, 15) is 4.79 Å². The van der Waals surface area contributed by atoms with Crippen molar-refractivity contribution in [2.75, 3.05) is 0 Å². The number of rotatable bonds is 5. The highest BCUT2D eigenvalue weighted by atomic mass is 32.1. The first-order valence-electron chi connectivity index (χ1n) is 8.89. The molecule has 1 aromatic carbocycles. The molecule has 0 amide bonds. The Morgan fingerprint density at radius 2 is 2.15 bits per heavy atom. The van der Waals surface area contributed by atoms with Gasteiger partial charge in [-0.2, -0.15) is 0 Å². The van der Waals surface area contributed by atoms with Crippen molar-refractivity contribution in [3.63, 3.8) is 0 Å². The summed E-state index contributed by atoms with van der Waals surface area (Å²) in [6.07, 6.45) is 4.54. The first-order chi connectivity index (χ1) is 12.7. The van der Waals surface area contributed by atoms with Crippen molar-refractivity contribution in [2.24, 2.45) is 5.92 Å². The topological polar surface area (TPSA) is 65.2 Å². The minimum atomic E-state index is -0.322. The number of benzene rings is 1. The second-order valence-electron chi connectivity index (χ2n) is 6.52. The molecule has 0 unspecified atom stereocenters. The Kier molecular flexibility index (Phi) is 4.84. The molecule has 3 aromatic rings. The van der Waals surface area contributed by atoms with E-state index in [1.165, 1.54) is 23.3 Å². The highest BCUT2D eigenvalue weighted by Gasteiger charge is 2.23. The molecule has 1 aliphatic rings. The van der Waals surface area contributed by atoms with Crippen LogP contribution in [-0.2, 0) is 24.2 Å². The SMILES string of the molecule is CC[C@H]1CCc2sc(C(=O)OCc3nnc(-c4ccccc4)o3)cc2C1. The minimum absolute atomic E-state index is 0.0151. The predicted octanol–water partition coefficient (Wildman–Crippen LogP) is 4.67. The van der Waals surface area contributed by atoms with Gasteiger partial charge in [-0.15, -0.1) is 21.5 Å². The van der Waals surface area contributed by atoms with Crippen LogP contribution in [0.15, 0.2) is 40.8 Å². The molecule has 1 atom stereocenters. The van der Waals surface area contributed by atoms with Gasteiger partial charge in [0, 0.05) is 10.4 Å². The van der Waals surface area contributed by atoms with Gasteiger partial charge < -0.3 is 9.15 Å². The van der Waals surface area contributed by atoms with Crippen LogP contribution in [0.2, 0.25) is 0 Å². The lowest BCUT2D eigenvalue weighted by Gasteiger charge is -2.19. The van der Waals surface area contributed by atoms with Crippen LogP contribution in [0.5, 0.6) is 0 Å². The van der Waals surface area contributed by atoms with Crippen LogP contribution in [0.25, 0.3) is 11.5 Å². The quantitative estimate of drug-likeness (QED) is 0.612. The van der Waals surface area contributed by atoms with E-state index in [1.54, 1.807) is 11.3 Å². The zero-order chi connectivity index (χ0) is 17.9. The molecular weight excluding hydrogens is 348 g/mol. The van der Waals surface area contributed by atoms with E-state index < -0.39 is 0 Å². The average Bonchev–Trinajstić information content (AvgIpc) is 3.33. The van der Waals surface area contributed by atoms with E-state index in [0.717, 1.165) is 24.3 Å². The Hall–Kier alpha value is -2.47. The molecule has 5 nitrogen and oxygen atoms in total. The number of aromatic nitrogens is 2. The van der Waals surface area contributed by atoms with E-state index >= 15 is 0 Å². The van der Waals surface area contributed by atoms with Gasteiger partial charge in [-0.1, -0.05) is 31.5 Å². The van der Waals surface area contributed by atoms with Gasteiger partial charge >= 0.3 is 5.97 Å². The Morgan fingerprint density at radius 3 is 2.96 bits per heavy atom. The third kappa shape index (κ3) is 3.55. The van der Waals surface area contributed by atoms with Crippen molar-refractivity contribution in [3.8, 4) is 11.5 Å². The molecule has 0 aliphatic heterocycles. The number of fused-ring (bicyclic) bond motifs is 1. The second kappa shape index (κ2) is 7.41. The minimum Gasteiger partial charge on any atom is -0.451 e. The van der Waals surface area contributed by atoms with Crippen molar-refractivity contribution < 1.29 is 13.9 Å². The third-order valence-corrected chi connectivity index (χ3v) is 5.99. The van der Waals surface area contributed by atoms with Crippen molar-refractivity contribution >= 4 is 17.3 Å². The zero-order valence-corrected chi connectivity index (χ0v) is 15.4. The Morgan fingerprint density at radius 1 is 1.31 bits per heavy atom. The maximum Gasteiger partial charge on any atom is 0.348 e. The van der Waals surface area contributed by atoms with Gasteiger partial charge in [0.2, 0.25) is 5.89 Å². The number of esters is 1. The van der Waals surface area contributed by atoms with Crippen LogP contribution in [0, 0.1) is 5.92 Å². The maximum atomic E-state index is 12.4. The number of hydrogen-bond acceptors (Lipinski definition) is 6. The summed E-state index contributed by atoms with van der Waals surface area (Å²) in [5.74, 6) is 1.13. The number of carbonyl (C=O) groups is 1. The monoisotopic (exact) mass is 368 g/mol. The van der Waals surface area contributed by atoms with E-state index in [4.69, 9.17) is 9.15 Å². The summed E-state index contributed by atoms with van der Waals surface area (Å²) < 4.78 is 10.9. The fourth-order valence-electron chi connectivity index (χ4n) is 3.26. The van der Waals surface area contributed by atoms with Gasteiger partial charge in [-0.3, -0.25) is 0 Å². The van der Waals surface area contributed by atoms with Crippen LogP contribution >= 0.6 is 11.3 Å². The van der Waals surface area contributed by atoms with Gasteiger partial charge in [0.15, 0.2) is 6.61 Å². The molecule has 0 saturated carbocycles. The first kappa shape index (κ1) is 17.0. The number of carbonyl (C=O) groups excluding carboxylic acids is 1. The maximum absolute atomic E-state index is 12.4. The summed E-state index contributed by atoms with van der Waals surface area (Å²) in [5, 5.41) is 7.96. The molecule has 134 valence electrons. The van der Waals surface area contributed by atoms with Crippen LogP contribution in [0.4, 0.5) is 0 Å². The second-order valence-corrected chi connectivity index (χ2v) is 7.66. The largest absolute Gasteiger partial charge is 0.451 e. The highest BCUT2D eigenvalue weighted by Crippen LogP contribution is 2.33. The summed E-state index contributed by atoms with van der Waals surface area (Å²) in [6, 6.07) is 11.5. The summed E-state index contributed by atoms with van der Waals surface area (Å²) in [6.45, 7) is 2.21. The molecule has 0 N–H and O–H groups in total. The van der Waals surface area contributed by atoms with E-state index in [1.807, 2.05) is 36.4 Å². The molecule has 2 heterocycles. The van der Waals surface area contributed by atoms with E-state index in [2.05, 4.69) is 17.1 Å². The van der Waals surface area contributed by atoms with Crippen molar-refractivity contribution in [2.45, 2.75) is 39.2 Å². The number of thiophene rings is 1. The van der Waals surface area contributed by atoms with Gasteiger partial charge in [-0.05, 0) is 48.9 Å². The molecule has 2 aromatic heterocycles. The van der Waals surface area contributed by atoms with Crippen molar-refractivity contribution in [1.29, 1.82) is 0 Å². The molecule has 6 heteroatoms. The smallest absolute Gasteiger partial charge is 0.348 e. The molecule has 0 bridgehead atoms. The van der Waals surface area contributed by atoms with Crippen LogP contribution in [0.3, 0.4) is 0 Å². The molecule has 0 spiro atoms. The molecule has 26 heavy (non-hydrogen) atoms. The van der Waals surface area contributed by atoms with Gasteiger partial charge in [0.05, 0.1) is 0 Å².